The van der Waals surface area contributed by atoms with Crippen molar-refractivity contribution in [1.82, 2.24) is 14.7 Å². The molecule has 1 amide bonds. The summed E-state index contributed by atoms with van der Waals surface area (Å²) in [5.74, 6) is -1.40. The highest BCUT2D eigenvalue weighted by atomic mass is 16.5. The average molecular weight is 251 g/mol. The van der Waals surface area contributed by atoms with E-state index in [0.29, 0.717) is 26.3 Å². The summed E-state index contributed by atoms with van der Waals surface area (Å²) >= 11 is 0. The van der Waals surface area contributed by atoms with E-state index in [1.807, 2.05) is 0 Å². The van der Waals surface area contributed by atoms with Crippen LogP contribution in [0.2, 0.25) is 0 Å². The molecule has 0 unspecified atom stereocenters. The van der Waals surface area contributed by atoms with Crippen LogP contribution < -0.4 is 0 Å². The normalized spacial score (nSPS) is 20.4. The zero-order valence-electron chi connectivity index (χ0n) is 9.92. The lowest BCUT2D eigenvalue weighted by atomic mass is 9.78. The second-order valence-electron chi connectivity index (χ2n) is 4.99. The Morgan fingerprint density at radius 2 is 2.11 bits per heavy atom. The molecule has 1 aromatic heterocycles. The summed E-state index contributed by atoms with van der Waals surface area (Å²) in [6, 6.07) is 0. The summed E-state index contributed by atoms with van der Waals surface area (Å²) in [7, 11) is 1.51. The number of likely N-dealkylation sites (tertiary alicyclic amines) is 1. The van der Waals surface area contributed by atoms with Crippen LogP contribution in [-0.4, -0.2) is 58.0 Å². The summed E-state index contributed by atoms with van der Waals surface area (Å²) in [6.07, 6.45) is 1.31. The van der Waals surface area contributed by atoms with Crippen LogP contribution in [0.5, 0.6) is 0 Å². The Morgan fingerprint density at radius 3 is 2.61 bits per heavy atom. The highest BCUT2D eigenvalue weighted by Crippen LogP contribution is 2.38. The van der Waals surface area contributed by atoms with Crippen molar-refractivity contribution in [3.05, 3.63) is 17.5 Å². The van der Waals surface area contributed by atoms with E-state index in [-0.39, 0.29) is 22.6 Å². The fraction of sp³-hybridized carbons (Fsp3) is 0.545. The first-order valence-corrected chi connectivity index (χ1v) is 5.65. The molecule has 2 fully saturated rings. The molecule has 2 aliphatic heterocycles. The van der Waals surface area contributed by atoms with Crippen molar-refractivity contribution in [2.24, 2.45) is 12.5 Å². The molecule has 0 aliphatic carbocycles. The standard InChI is InChI=1S/C11H13N3O4/c1-13-8(10(16)17)7(2-12-13)9(15)14-3-11(4-14)5-18-6-11/h2H,3-6H2,1H3,(H,16,17). The van der Waals surface area contributed by atoms with Crippen molar-refractivity contribution >= 4 is 11.9 Å². The van der Waals surface area contributed by atoms with E-state index in [1.54, 1.807) is 4.90 Å². The van der Waals surface area contributed by atoms with Gasteiger partial charge in [-0.1, -0.05) is 0 Å². The van der Waals surface area contributed by atoms with Crippen molar-refractivity contribution in [3.8, 4) is 0 Å². The molecular formula is C11H13N3O4. The number of carbonyl (C=O) groups excluding carboxylic acids is 1. The van der Waals surface area contributed by atoms with Crippen LogP contribution in [0.3, 0.4) is 0 Å². The Balaban J connectivity index is 1.79. The van der Waals surface area contributed by atoms with Crippen LogP contribution in [0, 0.1) is 5.41 Å². The number of carboxylic acid groups (broad SMARTS) is 1. The molecule has 0 saturated carbocycles. The summed E-state index contributed by atoms with van der Waals surface area (Å²) in [5.41, 5.74) is 0.215. The number of hydrogen-bond donors (Lipinski definition) is 1. The Labute approximate surface area is 103 Å². The highest BCUT2D eigenvalue weighted by Gasteiger charge is 2.51. The molecule has 1 N–H and O–H groups in total. The van der Waals surface area contributed by atoms with E-state index < -0.39 is 5.97 Å². The van der Waals surface area contributed by atoms with E-state index in [9.17, 15) is 9.59 Å². The number of amides is 1. The summed E-state index contributed by atoms with van der Waals surface area (Å²) in [6.45, 7) is 2.66. The van der Waals surface area contributed by atoms with Crippen LogP contribution in [0.25, 0.3) is 0 Å². The summed E-state index contributed by atoms with van der Waals surface area (Å²) < 4.78 is 6.34. The van der Waals surface area contributed by atoms with Gasteiger partial charge in [-0.2, -0.15) is 5.10 Å². The number of carboxylic acids is 1. The Morgan fingerprint density at radius 1 is 1.44 bits per heavy atom. The first-order chi connectivity index (χ1) is 8.52. The zero-order chi connectivity index (χ0) is 12.9. The molecule has 7 heteroatoms. The molecule has 0 radical (unpaired) electrons. The quantitative estimate of drug-likeness (QED) is 0.772. The lowest BCUT2D eigenvalue weighted by molar-refractivity contribution is -0.176. The van der Waals surface area contributed by atoms with E-state index in [0.717, 1.165) is 0 Å². The number of aromatic nitrogens is 2. The van der Waals surface area contributed by atoms with Gasteiger partial charge in [0.25, 0.3) is 5.91 Å². The molecular weight excluding hydrogens is 238 g/mol. The van der Waals surface area contributed by atoms with Crippen molar-refractivity contribution in [3.63, 3.8) is 0 Å². The van der Waals surface area contributed by atoms with Gasteiger partial charge in [-0.25, -0.2) is 4.79 Å². The lowest BCUT2D eigenvalue weighted by Gasteiger charge is -2.54. The number of hydrogen-bond acceptors (Lipinski definition) is 4. The number of carbonyl (C=O) groups is 2. The van der Waals surface area contributed by atoms with Gasteiger partial charge < -0.3 is 14.7 Å². The minimum atomic E-state index is -1.14. The second kappa shape index (κ2) is 3.55. The molecule has 1 spiro atoms. The fourth-order valence-corrected chi connectivity index (χ4v) is 2.50. The first kappa shape index (κ1) is 11.2. The molecule has 2 aliphatic rings. The van der Waals surface area contributed by atoms with Gasteiger partial charge in [0.15, 0.2) is 5.69 Å². The van der Waals surface area contributed by atoms with Crippen molar-refractivity contribution < 1.29 is 19.4 Å². The number of nitrogens with zero attached hydrogens (tertiary/aromatic N) is 3. The molecule has 3 heterocycles. The van der Waals surface area contributed by atoms with Gasteiger partial charge in [0.05, 0.1) is 30.4 Å². The topological polar surface area (TPSA) is 84.7 Å². The monoisotopic (exact) mass is 251 g/mol. The minimum Gasteiger partial charge on any atom is -0.477 e. The van der Waals surface area contributed by atoms with Gasteiger partial charge in [-0.15, -0.1) is 0 Å². The van der Waals surface area contributed by atoms with E-state index in [1.165, 1.54) is 17.9 Å². The maximum Gasteiger partial charge on any atom is 0.354 e. The zero-order valence-corrected chi connectivity index (χ0v) is 9.92. The van der Waals surface area contributed by atoms with Gasteiger partial charge >= 0.3 is 5.97 Å². The van der Waals surface area contributed by atoms with Crippen molar-refractivity contribution in [2.45, 2.75) is 0 Å². The van der Waals surface area contributed by atoms with E-state index >= 15 is 0 Å². The molecule has 0 bridgehead atoms. The van der Waals surface area contributed by atoms with Crippen molar-refractivity contribution in [1.29, 1.82) is 0 Å². The third-order valence-electron chi connectivity index (χ3n) is 3.53. The van der Waals surface area contributed by atoms with Crippen LogP contribution in [-0.2, 0) is 11.8 Å². The maximum absolute atomic E-state index is 12.2. The molecule has 0 atom stereocenters. The SMILES string of the molecule is Cn1ncc(C(=O)N2CC3(COC3)C2)c1C(=O)O. The lowest BCUT2D eigenvalue weighted by Crippen LogP contribution is -2.67. The first-order valence-electron chi connectivity index (χ1n) is 5.65. The van der Waals surface area contributed by atoms with Gasteiger partial charge in [0, 0.05) is 20.1 Å². The molecule has 2 saturated heterocycles. The van der Waals surface area contributed by atoms with Crippen LogP contribution in [0.4, 0.5) is 0 Å². The number of aryl methyl sites for hydroxylation is 1. The number of ether oxygens (including phenoxy) is 1. The van der Waals surface area contributed by atoms with E-state index in [4.69, 9.17) is 9.84 Å². The smallest absolute Gasteiger partial charge is 0.354 e. The van der Waals surface area contributed by atoms with Crippen molar-refractivity contribution in [2.75, 3.05) is 26.3 Å². The average Bonchev–Trinajstić information content (AvgIpc) is 2.55. The predicted octanol–water partition coefficient (Wildman–Crippen LogP) is -0.409. The summed E-state index contributed by atoms with van der Waals surface area (Å²) in [5, 5.41) is 12.9. The highest BCUT2D eigenvalue weighted by molar-refractivity contribution is 6.04. The molecule has 7 nitrogen and oxygen atoms in total. The van der Waals surface area contributed by atoms with Crippen LogP contribution >= 0.6 is 0 Å². The van der Waals surface area contributed by atoms with Crippen LogP contribution in [0.15, 0.2) is 6.20 Å². The Hall–Kier alpha value is -1.89. The van der Waals surface area contributed by atoms with Gasteiger partial charge in [-0.3, -0.25) is 9.48 Å². The fourth-order valence-electron chi connectivity index (χ4n) is 2.50. The largest absolute Gasteiger partial charge is 0.477 e. The third-order valence-corrected chi connectivity index (χ3v) is 3.53. The Kier molecular flexibility index (Phi) is 2.21. The summed E-state index contributed by atoms with van der Waals surface area (Å²) in [4.78, 5) is 24.9. The van der Waals surface area contributed by atoms with Gasteiger partial charge in [-0.05, 0) is 0 Å². The molecule has 18 heavy (non-hydrogen) atoms. The van der Waals surface area contributed by atoms with Crippen LogP contribution in [0.1, 0.15) is 20.8 Å². The Bertz CT molecular complexity index is 524. The number of aromatic carboxylic acids is 1. The molecule has 96 valence electrons. The van der Waals surface area contributed by atoms with E-state index in [2.05, 4.69) is 5.10 Å². The second-order valence-corrected chi connectivity index (χ2v) is 4.99. The molecule has 0 aromatic carbocycles. The third kappa shape index (κ3) is 1.43. The van der Waals surface area contributed by atoms with Gasteiger partial charge in [0.2, 0.25) is 0 Å². The van der Waals surface area contributed by atoms with Gasteiger partial charge in [0.1, 0.15) is 0 Å². The predicted molar refractivity (Wildman–Crippen MR) is 59.3 cm³/mol. The number of rotatable bonds is 2. The molecule has 1 aromatic rings. The minimum absolute atomic E-state index is 0.0641. The maximum atomic E-state index is 12.2. The molecule has 3 rings (SSSR count).